The van der Waals surface area contributed by atoms with Gasteiger partial charge in [-0.05, 0) is 47.3 Å². The Morgan fingerprint density at radius 2 is 1.61 bits per heavy atom. The zero-order valence-electron chi connectivity index (χ0n) is 23.5. The highest BCUT2D eigenvalue weighted by Gasteiger charge is 2.57. The van der Waals surface area contributed by atoms with E-state index in [9.17, 15) is 32.3 Å². The van der Waals surface area contributed by atoms with Crippen LogP contribution in [0, 0.1) is 5.92 Å². The lowest BCUT2D eigenvalue weighted by Gasteiger charge is -2.30. The first-order valence-corrected chi connectivity index (χ1v) is 16.1. The van der Waals surface area contributed by atoms with Crippen LogP contribution in [0.5, 0.6) is 0 Å². The Hall–Kier alpha value is -4.39. The van der Waals surface area contributed by atoms with Crippen LogP contribution < -0.4 is 15.1 Å². The quantitative estimate of drug-likeness (QED) is 0.199. The van der Waals surface area contributed by atoms with Gasteiger partial charge in [0.1, 0.15) is 11.8 Å². The molecule has 0 spiro atoms. The lowest BCUT2D eigenvalue weighted by Crippen LogP contribution is -2.33. The summed E-state index contributed by atoms with van der Waals surface area (Å²) in [6.45, 7) is -0.356. The Kier molecular flexibility index (Phi) is 7.53. The lowest BCUT2D eigenvalue weighted by atomic mass is 9.83. The molecule has 7 nitrogen and oxygen atoms in total. The standard InChI is InChI=1S/C33H21ClF3N3O4S2/c34-20-13-11-18(12-14-20)25-26-27(30(43)40(29(26)42)21-8-4-7-19(15-21)33(35,36)37)45-31-28(25)46-32(44)39(31)16-24(41)38-23-10-3-6-17-5-1-2-9-22(17)23/h1-15,25-27H,16H2,(H,38,41). The topological polar surface area (TPSA) is 88.5 Å². The minimum absolute atomic E-state index is 0.190. The summed E-state index contributed by atoms with van der Waals surface area (Å²) in [6, 6.07) is 23.7. The fraction of sp³-hybridized carbons (Fsp3) is 0.152. The van der Waals surface area contributed by atoms with Crippen LogP contribution in [0.15, 0.2) is 101 Å². The second-order valence-electron chi connectivity index (χ2n) is 10.9. The summed E-state index contributed by atoms with van der Waals surface area (Å²) < 4.78 is 41.9. The number of thioether (sulfide) groups is 1. The number of fused-ring (bicyclic) bond motifs is 3. The van der Waals surface area contributed by atoms with Gasteiger partial charge in [-0.3, -0.25) is 23.7 Å². The van der Waals surface area contributed by atoms with Crippen molar-refractivity contribution in [3.8, 4) is 0 Å². The Morgan fingerprint density at radius 3 is 2.37 bits per heavy atom. The fourth-order valence-corrected chi connectivity index (χ4v) is 8.93. The second-order valence-corrected chi connectivity index (χ2v) is 13.4. The molecule has 1 fully saturated rings. The van der Waals surface area contributed by atoms with Gasteiger partial charge in [0.2, 0.25) is 17.7 Å². The molecule has 232 valence electrons. The molecular formula is C33H21ClF3N3O4S2. The molecular weight excluding hydrogens is 659 g/mol. The highest BCUT2D eigenvalue weighted by atomic mass is 35.5. The molecule has 46 heavy (non-hydrogen) atoms. The van der Waals surface area contributed by atoms with Crippen molar-refractivity contribution in [2.75, 3.05) is 10.2 Å². The van der Waals surface area contributed by atoms with Crippen LogP contribution >= 0.6 is 34.7 Å². The molecule has 4 aromatic carbocycles. The van der Waals surface area contributed by atoms with Crippen molar-refractivity contribution in [2.45, 2.75) is 28.9 Å². The summed E-state index contributed by atoms with van der Waals surface area (Å²) in [5, 5.41) is 4.35. The molecule has 3 amide bonds. The van der Waals surface area contributed by atoms with Crippen molar-refractivity contribution in [3.05, 3.63) is 122 Å². The van der Waals surface area contributed by atoms with E-state index in [1.165, 1.54) is 10.6 Å². The Labute approximate surface area is 272 Å². The van der Waals surface area contributed by atoms with Gasteiger partial charge in [0.25, 0.3) is 0 Å². The van der Waals surface area contributed by atoms with Crippen molar-refractivity contribution < 1.29 is 27.6 Å². The Balaban J connectivity index is 1.28. The van der Waals surface area contributed by atoms with Gasteiger partial charge < -0.3 is 5.32 Å². The summed E-state index contributed by atoms with van der Waals surface area (Å²) in [5.74, 6) is -3.64. The van der Waals surface area contributed by atoms with E-state index in [1.54, 1.807) is 30.3 Å². The number of imide groups is 1. The van der Waals surface area contributed by atoms with Crippen LogP contribution in [0.4, 0.5) is 24.5 Å². The van der Waals surface area contributed by atoms with Crippen LogP contribution in [0.2, 0.25) is 5.02 Å². The van der Waals surface area contributed by atoms with Crippen molar-refractivity contribution >= 4 is 74.6 Å². The smallest absolute Gasteiger partial charge is 0.324 e. The van der Waals surface area contributed by atoms with E-state index in [4.69, 9.17) is 11.6 Å². The van der Waals surface area contributed by atoms with Gasteiger partial charge in [-0.25, -0.2) is 4.90 Å². The third-order valence-electron chi connectivity index (χ3n) is 8.08. The van der Waals surface area contributed by atoms with Crippen molar-refractivity contribution in [3.63, 3.8) is 0 Å². The maximum atomic E-state index is 14.0. The van der Waals surface area contributed by atoms with E-state index in [1.807, 2.05) is 36.4 Å². The van der Waals surface area contributed by atoms with Crippen LogP contribution in [-0.2, 0) is 27.1 Å². The molecule has 13 heteroatoms. The summed E-state index contributed by atoms with van der Waals surface area (Å²) >= 11 is 7.99. The maximum absolute atomic E-state index is 14.0. The zero-order chi connectivity index (χ0) is 32.3. The molecule has 3 unspecified atom stereocenters. The van der Waals surface area contributed by atoms with Gasteiger partial charge in [-0.2, -0.15) is 13.2 Å². The van der Waals surface area contributed by atoms with E-state index in [-0.39, 0.29) is 12.2 Å². The molecule has 1 N–H and O–H groups in total. The molecule has 0 bridgehead atoms. The number of nitrogens with one attached hydrogen (secondary N) is 1. The van der Waals surface area contributed by atoms with Gasteiger partial charge in [-0.1, -0.05) is 89.3 Å². The van der Waals surface area contributed by atoms with Crippen LogP contribution in [-0.4, -0.2) is 27.5 Å². The lowest BCUT2D eigenvalue weighted by molar-refractivity contribution is -0.137. The molecule has 0 saturated carbocycles. The van der Waals surface area contributed by atoms with Crippen LogP contribution in [0.25, 0.3) is 10.8 Å². The molecule has 7 rings (SSSR count). The van der Waals surface area contributed by atoms with Gasteiger partial charge in [0, 0.05) is 26.9 Å². The Bertz CT molecular complexity index is 2110. The molecule has 2 aliphatic heterocycles. The Morgan fingerprint density at radius 1 is 0.891 bits per heavy atom. The molecule has 3 heterocycles. The number of aromatic nitrogens is 1. The number of thiazole rings is 1. The van der Waals surface area contributed by atoms with Crippen molar-refractivity contribution in [1.82, 2.24) is 4.57 Å². The largest absolute Gasteiger partial charge is 0.416 e. The average Bonchev–Trinajstić information content (AvgIpc) is 3.47. The van der Waals surface area contributed by atoms with Gasteiger partial charge in [0.05, 0.1) is 22.2 Å². The van der Waals surface area contributed by atoms with Crippen LogP contribution in [0.1, 0.15) is 21.9 Å². The number of carbonyl (C=O) groups excluding carboxylic acids is 3. The number of halogens is 4. The third-order valence-corrected chi connectivity index (χ3v) is 10.9. The highest BCUT2D eigenvalue weighted by molar-refractivity contribution is 8.00. The van der Waals surface area contributed by atoms with Crippen LogP contribution in [0.3, 0.4) is 0 Å². The van der Waals surface area contributed by atoms with Crippen molar-refractivity contribution in [1.29, 1.82) is 0 Å². The second kappa shape index (κ2) is 11.4. The van der Waals surface area contributed by atoms with E-state index in [0.29, 0.717) is 26.2 Å². The van der Waals surface area contributed by atoms with Gasteiger partial charge in [-0.15, -0.1) is 0 Å². The molecule has 1 saturated heterocycles. The third kappa shape index (κ3) is 5.20. The summed E-state index contributed by atoms with van der Waals surface area (Å²) in [6.07, 6.45) is -4.68. The normalized spacial score (nSPS) is 19.3. The summed E-state index contributed by atoms with van der Waals surface area (Å²) in [7, 11) is 0. The minimum Gasteiger partial charge on any atom is -0.324 e. The molecule has 0 aliphatic carbocycles. The first-order chi connectivity index (χ1) is 22.0. The average molecular weight is 680 g/mol. The molecule has 5 aromatic rings. The zero-order valence-corrected chi connectivity index (χ0v) is 25.8. The monoisotopic (exact) mass is 679 g/mol. The maximum Gasteiger partial charge on any atom is 0.416 e. The number of rotatable bonds is 5. The van der Waals surface area contributed by atoms with E-state index in [2.05, 4.69) is 5.32 Å². The predicted octanol–water partition coefficient (Wildman–Crippen LogP) is 7.17. The predicted molar refractivity (Wildman–Crippen MR) is 172 cm³/mol. The van der Waals surface area contributed by atoms with Gasteiger partial charge >= 0.3 is 11.0 Å². The first kappa shape index (κ1) is 30.3. The van der Waals surface area contributed by atoms with Gasteiger partial charge in [0.15, 0.2) is 0 Å². The molecule has 1 aromatic heterocycles. The number of hydrogen-bond acceptors (Lipinski definition) is 6. The summed E-state index contributed by atoms with van der Waals surface area (Å²) in [5.41, 5.74) is -0.0145. The number of amides is 3. The van der Waals surface area contributed by atoms with E-state index >= 15 is 0 Å². The minimum atomic E-state index is -4.68. The number of benzene rings is 4. The molecule has 3 atom stereocenters. The van der Waals surface area contributed by atoms with E-state index < -0.39 is 51.4 Å². The van der Waals surface area contributed by atoms with E-state index in [0.717, 1.165) is 57.0 Å². The fourth-order valence-electron chi connectivity index (χ4n) is 6.03. The van der Waals surface area contributed by atoms with Crippen molar-refractivity contribution in [2.24, 2.45) is 5.92 Å². The number of nitrogens with zero attached hydrogens (tertiary/aromatic N) is 2. The SMILES string of the molecule is O=C(Cn1c2c(sc1=O)C(c1ccc(Cl)cc1)C1C(=O)N(c3cccc(C(F)(F)F)c3)C(=O)C1S2)Nc1cccc2ccccc12. The number of hydrogen-bond donors (Lipinski definition) is 1. The number of alkyl halides is 3. The number of carbonyl (C=O) groups is 3. The molecule has 2 aliphatic rings. The number of anilines is 2. The summed E-state index contributed by atoms with van der Waals surface area (Å²) in [4.78, 5) is 55.5. The molecule has 0 radical (unpaired) electrons. The first-order valence-electron chi connectivity index (χ1n) is 14.0. The highest BCUT2D eigenvalue weighted by Crippen LogP contribution is 2.54.